The van der Waals surface area contributed by atoms with E-state index in [-0.39, 0.29) is 0 Å². The molecule has 0 heterocycles. The zero-order valence-electron chi connectivity index (χ0n) is 4.20. The number of alkyl halides is 3. The summed E-state index contributed by atoms with van der Waals surface area (Å²) in [4.78, 5) is 9.18. The largest absolute Gasteiger partial charge is 0.480 e. The standard InChI is InChI=1S/C4H3Br2ClO2/c5-4(6)1-3(4,7)2(8)9/h1H2,(H,8,9). The molecule has 0 aromatic heterocycles. The number of hydrogen-bond acceptors (Lipinski definition) is 1. The van der Waals surface area contributed by atoms with Gasteiger partial charge in [0.15, 0.2) is 4.87 Å². The van der Waals surface area contributed by atoms with Crippen molar-refractivity contribution in [2.75, 3.05) is 0 Å². The number of carbonyl (C=O) groups is 1. The lowest BCUT2D eigenvalue weighted by Gasteiger charge is -2.00. The lowest BCUT2D eigenvalue weighted by atomic mass is 10.4. The van der Waals surface area contributed by atoms with E-state index in [0.717, 1.165) is 0 Å². The third kappa shape index (κ3) is 1.01. The summed E-state index contributed by atoms with van der Waals surface area (Å²) >= 11 is 11.8. The highest BCUT2D eigenvalue weighted by molar-refractivity contribution is 9.25. The molecule has 1 fully saturated rings. The third-order valence-electron chi connectivity index (χ3n) is 1.26. The van der Waals surface area contributed by atoms with Gasteiger partial charge in [0.2, 0.25) is 0 Å². The van der Waals surface area contributed by atoms with Crippen molar-refractivity contribution in [3.63, 3.8) is 0 Å². The fraction of sp³-hybridized carbons (Fsp3) is 0.750. The molecule has 0 amide bonds. The van der Waals surface area contributed by atoms with Gasteiger partial charge in [0.25, 0.3) is 0 Å². The molecule has 0 spiro atoms. The summed E-state index contributed by atoms with van der Waals surface area (Å²) < 4.78 is -0.583. The molecule has 0 aromatic rings. The van der Waals surface area contributed by atoms with Crippen LogP contribution in [0, 0.1) is 0 Å². The Morgan fingerprint density at radius 3 is 2.00 bits per heavy atom. The molecular weight excluding hydrogens is 275 g/mol. The minimum atomic E-state index is -1.13. The van der Waals surface area contributed by atoms with Crippen LogP contribution in [0.2, 0.25) is 0 Å². The first-order valence-corrected chi connectivity index (χ1v) is 4.17. The van der Waals surface area contributed by atoms with Crippen LogP contribution in [-0.4, -0.2) is 19.2 Å². The summed E-state index contributed by atoms with van der Waals surface area (Å²) in [5.41, 5.74) is 0. The van der Waals surface area contributed by atoms with Gasteiger partial charge in [-0.15, -0.1) is 11.6 Å². The van der Waals surface area contributed by atoms with Gasteiger partial charge >= 0.3 is 5.97 Å². The van der Waals surface area contributed by atoms with Crippen LogP contribution in [0.25, 0.3) is 0 Å². The Balaban J connectivity index is 2.74. The molecule has 1 saturated carbocycles. The van der Waals surface area contributed by atoms with Crippen LogP contribution in [-0.2, 0) is 4.79 Å². The van der Waals surface area contributed by atoms with Gasteiger partial charge < -0.3 is 5.11 Å². The summed E-state index contributed by atoms with van der Waals surface area (Å²) in [6.07, 6.45) is 0.414. The average Bonchev–Trinajstić information content (AvgIpc) is 2.08. The van der Waals surface area contributed by atoms with Gasteiger partial charge in [-0.25, -0.2) is 0 Å². The van der Waals surface area contributed by atoms with Gasteiger partial charge in [-0.2, -0.15) is 0 Å². The maximum absolute atomic E-state index is 10.3. The van der Waals surface area contributed by atoms with E-state index in [2.05, 4.69) is 31.9 Å². The average molecular weight is 278 g/mol. The van der Waals surface area contributed by atoms with E-state index in [1.165, 1.54) is 0 Å². The molecule has 1 aliphatic rings. The van der Waals surface area contributed by atoms with E-state index in [1.807, 2.05) is 0 Å². The highest BCUT2D eigenvalue weighted by Crippen LogP contribution is 2.63. The van der Waals surface area contributed by atoms with E-state index >= 15 is 0 Å². The van der Waals surface area contributed by atoms with Crippen LogP contribution in [0.1, 0.15) is 6.42 Å². The Kier molecular flexibility index (Phi) is 1.62. The second kappa shape index (κ2) is 1.86. The number of hydrogen-bond donors (Lipinski definition) is 1. The van der Waals surface area contributed by atoms with Gasteiger partial charge in [0.05, 0.1) is 0 Å². The smallest absolute Gasteiger partial charge is 0.327 e. The summed E-state index contributed by atoms with van der Waals surface area (Å²) in [6, 6.07) is 0. The Morgan fingerprint density at radius 2 is 2.00 bits per heavy atom. The van der Waals surface area contributed by atoms with Crippen molar-refractivity contribution in [1.82, 2.24) is 0 Å². The Morgan fingerprint density at radius 1 is 1.67 bits per heavy atom. The first-order chi connectivity index (χ1) is 3.90. The van der Waals surface area contributed by atoms with Crippen molar-refractivity contribution >= 4 is 49.4 Å². The monoisotopic (exact) mass is 276 g/mol. The first kappa shape index (κ1) is 7.82. The van der Waals surface area contributed by atoms with Crippen LogP contribution in [0.15, 0.2) is 0 Å². The van der Waals surface area contributed by atoms with Crippen LogP contribution < -0.4 is 0 Å². The minimum absolute atomic E-state index is 0.414. The predicted octanol–water partition coefficient (Wildman–Crippen LogP) is 1.94. The molecule has 5 heteroatoms. The molecule has 9 heavy (non-hydrogen) atoms. The van der Waals surface area contributed by atoms with Crippen molar-refractivity contribution in [1.29, 1.82) is 0 Å². The van der Waals surface area contributed by atoms with Gasteiger partial charge in [0.1, 0.15) is 3.23 Å². The molecule has 1 N–H and O–H groups in total. The second-order valence-electron chi connectivity index (χ2n) is 1.99. The highest BCUT2D eigenvalue weighted by Gasteiger charge is 2.70. The lowest BCUT2D eigenvalue weighted by molar-refractivity contribution is -0.137. The van der Waals surface area contributed by atoms with Crippen molar-refractivity contribution in [3.05, 3.63) is 0 Å². The van der Waals surface area contributed by atoms with Crippen molar-refractivity contribution in [2.24, 2.45) is 0 Å². The maximum Gasteiger partial charge on any atom is 0.327 e. The van der Waals surface area contributed by atoms with Gasteiger partial charge in [-0.05, 0) is 0 Å². The Hall–Kier alpha value is 0.720. The fourth-order valence-corrected chi connectivity index (χ4v) is 2.20. The number of halogens is 3. The SMILES string of the molecule is O=C(O)C1(Cl)CC1(Br)Br. The predicted molar refractivity (Wildman–Crippen MR) is 41.4 cm³/mol. The topological polar surface area (TPSA) is 37.3 Å². The molecule has 2 nitrogen and oxygen atoms in total. The highest BCUT2D eigenvalue weighted by atomic mass is 79.9. The molecule has 0 aromatic carbocycles. The zero-order chi connectivity index (χ0) is 7.28. The van der Waals surface area contributed by atoms with Gasteiger partial charge in [-0.1, -0.05) is 31.9 Å². The molecule has 52 valence electrons. The Bertz CT molecular complexity index is 170. The third-order valence-corrected chi connectivity index (χ3v) is 4.25. The number of rotatable bonds is 1. The first-order valence-electron chi connectivity index (χ1n) is 2.20. The number of carboxylic acids is 1. The van der Waals surface area contributed by atoms with Crippen molar-refractivity contribution in [2.45, 2.75) is 14.5 Å². The van der Waals surface area contributed by atoms with E-state index in [9.17, 15) is 4.79 Å². The summed E-state index contributed by atoms with van der Waals surface area (Å²) in [5, 5.41) is 8.46. The molecule has 0 radical (unpaired) electrons. The zero-order valence-corrected chi connectivity index (χ0v) is 8.12. The van der Waals surface area contributed by atoms with E-state index in [0.29, 0.717) is 6.42 Å². The van der Waals surface area contributed by atoms with Crippen molar-refractivity contribution < 1.29 is 9.90 Å². The molecule has 0 saturated heterocycles. The van der Waals surface area contributed by atoms with E-state index in [4.69, 9.17) is 16.7 Å². The summed E-state index contributed by atoms with van der Waals surface area (Å²) in [6.45, 7) is 0. The Labute approximate surface area is 73.8 Å². The van der Waals surface area contributed by atoms with Crippen LogP contribution in [0.5, 0.6) is 0 Å². The quantitative estimate of drug-likeness (QED) is 0.744. The molecule has 1 aliphatic carbocycles. The van der Waals surface area contributed by atoms with Crippen LogP contribution in [0.3, 0.4) is 0 Å². The van der Waals surface area contributed by atoms with E-state index < -0.39 is 14.1 Å². The molecule has 0 bridgehead atoms. The van der Waals surface area contributed by atoms with Crippen LogP contribution >= 0.6 is 43.5 Å². The number of aliphatic carboxylic acids is 1. The molecular formula is C4H3Br2ClO2. The molecule has 0 aliphatic heterocycles. The molecule has 1 atom stereocenters. The van der Waals surface area contributed by atoms with Gasteiger partial charge in [-0.3, -0.25) is 4.79 Å². The van der Waals surface area contributed by atoms with E-state index in [1.54, 1.807) is 0 Å². The van der Waals surface area contributed by atoms with Crippen LogP contribution in [0.4, 0.5) is 0 Å². The normalized spacial score (nSPS) is 38.1. The lowest BCUT2D eigenvalue weighted by Crippen LogP contribution is -2.20. The molecule has 1 unspecified atom stereocenters. The fourth-order valence-electron chi connectivity index (χ4n) is 0.494. The second-order valence-corrected chi connectivity index (χ2v) is 6.40. The van der Waals surface area contributed by atoms with Gasteiger partial charge in [0, 0.05) is 6.42 Å². The maximum atomic E-state index is 10.3. The summed E-state index contributed by atoms with van der Waals surface area (Å²) in [5.74, 6) is -0.988. The molecule has 1 rings (SSSR count). The van der Waals surface area contributed by atoms with Crippen molar-refractivity contribution in [3.8, 4) is 0 Å². The number of carboxylic acid groups (broad SMARTS) is 1. The summed E-state index contributed by atoms with van der Waals surface area (Å²) in [7, 11) is 0. The minimum Gasteiger partial charge on any atom is -0.480 e.